The Morgan fingerprint density at radius 1 is 1.04 bits per heavy atom. The number of pyridine rings is 1. The molecule has 0 saturated carbocycles. The summed E-state index contributed by atoms with van der Waals surface area (Å²) in [6.07, 6.45) is 1.77. The Labute approximate surface area is 136 Å². The van der Waals surface area contributed by atoms with Crippen molar-refractivity contribution < 1.29 is 0 Å². The first-order chi connectivity index (χ1) is 11.2. The van der Waals surface area contributed by atoms with Crippen LogP contribution in [0.5, 0.6) is 0 Å². The van der Waals surface area contributed by atoms with E-state index in [0.717, 1.165) is 27.5 Å². The van der Waals surface area contributed by atoms with Gasteiger partial charge in [0, 0.05) is 39.1 Å². The second kappa shape index (κ2) is 5.44. The number of anilines is 1. The Kier molecular flexibility index (Phi) is 3.28. The summed E-state index contributed by atoms with van der Waals surface area (Å²) >= 11 is 6.01. The van der Waals surface area contributed by atoms with Gasteiger partial charge in [-0.1, -0.05) is 11.6 Å². The fraction of sp³-hybridized carbons (Fsp3) is 0.0588. The molecule has 0 aliphatic carbocycles. The van der Waals surface area contributed by atoms with Crippen molar-refractivity contribution in [3.63, 3.8) is 0 Å². The number of benzene rings is 2. The van der Waals surface area contributed by atoms with Gasteiger partial charge in [-0.15, -0.1) is 0 Å². The summed E-state index contributed by atoms with van der Waals surface area (Å²) < 4.78 is 0. The smallest absolute Gasteiger partial charge is 0.253 e. The predicted molar refractivity (Wildman–Crippen MR) is 93.0 cm³/mol. The standard InChI is InChI=1S/C17H13ClN4O/c18-13-2-4-15-11(6-13)5-12(17(23)21-15)8-19-14-3-1-10-9-20-22-16(10)7-14/h1-7,9,19H,8H2,(H,20,22)(H,21,23). The fourth-order valence-electron chi connectivity index (χ4n) is 2.60. The molecular formula is C17H13ClN4O. The van der Waals surface area contributed by atoms with E-state index < -0.39 is 0 Å². The first-order valence-corrected chi connectivity index (χ1v) is 7.55. The van der Waals surface area contributed by atoms with E-state index in [2.05, 4.69) is 20.5 Å². The Morgan fingerprint density at radius 3 is 2.87 bits per heavy atom. The highest BCUT2D eigenvalue weighted by atomic mass is 35.5. The quantitative estimate of drug-likeness (QED) is 0.538. The summed E-state index contributed by atoms with van der Waals surface area (Å²) in [6, 6.07) is 13.2. The van der Waals surface area contributed by atoms with Crippen LogP contribution in [0.15, 0.2) is 53.5 Å². The molecule has 2 aromatic heterocycles. The van der Waals surface area contributed by atoms with E-state index in [1.54, 1.807) is 12.3 Å². The molecule has 2 aromatic carbocycles. The van der Waals surface area contributed by atoms with Gasteiger partial charge in [-0.2, -0.15) is 5.10 Å². The second-order valence-corrected chi connectivity index (χ2v) is 5.82. The number of halogens is 1. The molecule has 4 aromatic rings. The van der Waals surface area contributed by atoms with Crippen molar-refractivity contribution in [1.29, 1.82) is 0 Å². The molecule has 23 heavy (non-hydrogen) atoms. The minimum Gasteiger partial charge on any atom is -0.381 e. The van der Waals surface area contributed by atoms with Crippen molar-refractivity contribution in [3.05, 3.63) is 69.6 Å². The number of hydrogen-bond donors (Lipinski definition) is 3. The molecule has 0 aliphatic heterocycles. The molecule has 6 heteroatoms. The van der Waals surface area contributed by atoms with Gasteiger partial charge in [0.05, 0.1) is 11.7 Å². The lowest BCUT2D eigenvalue weighted by atomic mass is 10.1. The highest BCUT2D eigenvalue weighted by molar-refractivity contribution is 6.31. The van der Waals surface area contributed by atoms with Crippen molar-refractivity contribution in [2.75, 3.05) is 5.32 Å². The molecule has 5 nitrogen and oxygen atoms in total. The van der Waals surface area contributed by atoms with E-state index in [4.69, 9.17) is 11.6 Å². The summed E-state index contributed by atoms with van der Waals surface area (Å²) in [5, 5.41) is 12.8. The third-order valence-electron chi connectivity index (χ3n) is 3.81. The number of rotatable bonds is 3. The SMILES string of the molecule is O=c1[nH]c2ccc(Cl)cc2cc1CNc1ccc2cn[nH]c2c1. The molecule has 0 spiro atoms. The van der Waals surface area contributed by atoms with Gasteiger partial charge in [0.15, 0.2) is 0 Å². The van der Waals surface area contributed by atoms with Crippen molar-refractivity contribution >= 4 is 39.1 Å². The zero-order chi connectivity index (χ0) is 15.8. The van der Waals surface area contributed by atoms with Crippen LogP contribution >= 0.6 is 11.6 Å². The molecule has 0 aliphatic rings. The lowest BCUT2D eigenvalue weighted by molar-refractivity contribution is 1.09. The number of fused-ring (bicyclic) bond motifs is 2. The van der Waals surface area contributed by atoms with Crippen molar-refractivity contribution in [1.82, 2.24) is 15.2 Å². The van der Waals surface area contributed by atoms with E-state index in [0.29, 0.717) is 17.1 Å². The number of H-pyrrole nitrogens is 2. The predicted octanol–water partition coefficient (Wildman–Crippen LogP) is 3.67. The first kappa shape index (κ1) is 13.8. The van der Waals surface area contributed by atoms with Crippen LogP contribution in [0, 0.1) is 0 Å². The maximum absolute atomic E-state index is 12.2. The van der Waals surface area contributed by atoms with Crippen LogP contribution in [0.25, 0.3) is 21.8 Å². The van der Waals surface area contributed by atoms with Crippen LogP contribution in [0.1, 0.15) is 5.56 Å². The van der Waals surface area contributed by atoms with Gasteiger partial charge >= 0.3 is 0 Å². The molecule has 2 heterocycles. The molecule has 0 radical (unpaired) electrons. The molecule has 0 amide bonds. The van der Waals surface area contributed by atoms with E-state index in [-0.39, 0.29) is 5.56 Å². The van der Waals surface area contributed by atoms with E-state index >= 15 is 0 Å². The molecule has 0 bridgehead atoms. The topological polar surface area (TPSA) is 73.6 Å². The molecule has 0 fully saturated rings. The number of aromatic amines is 2. The monoisotopic (exact) mass is 324 g/mol. The van der Waals surface area contributed by atoms with Gasteiger partial charge in [-0.05, 0) is 42.5 Å². The van der Waals surface area contributed by atoms with Gasteiger partial charge in [0.1, 0.15) is 0 Å². The molecule has 114 valence electrons. The van der Waals surface area contributed by atoms with Crippen LogP contribution in [0.2, 0.25) is 5.02 Å². The molecule has 0 unspecified atom stereocenters. The highest BCUT2D eigenvalue weighted by Gasteiger charge is 2.04. The summed E-state index contributed by atoms with van der Waals surface area (Å²) in [4.78, 5) is 15.0. The lowest BCUT2D eigenvalue weighted by Gasteiger charge is -2.07. The third kappa shape index (κ3) is 2.66. The van der Waals surface area contributed by atoms with Crippen molar-refractivity contribution in [2.45, 2.75) is 6.54 Å². The Hall–Kier alpha value is -2.79. The number of aromatic nitrogens is 3. The number of hydrogen-bond acceptors (Lipinski definition) is 3. The highest BCUT2D eigenvalue weighted by Crippen LogP contribution is 2.19. The lowest BCUT2D eigenvalue weighted by Crippen LogP contribution is -2.15. The van der Waals surface area contributed by atoms with Crippen LogP contribution < -0.4 is 10.9 Å². The van der Waals surface area contributed by atoms with E-state index in [1.807, 2.05) is 36.4 Å². The number of nitrogens with zero attached hydrogens (tertiary/aromatic N) is 1. The Bertz CT molecular complexity index is 1070. The number of nitrogens with one attached hydrogen (secondary N) is 3. The average Bonchev–Trinajstić information content (AvgIpc) is 3.01. The summed E-state index contributed by atoms with van der Waals surface area (Å²) in [7, 11) is 0. The molecule has 4 rings (SSSR count). The minimum atomic E-state index is -0.102. The molecular weight excluding hydrogens is 312 g/mol. The summed E-state index contributed by atoms with van der Waals surface area (Å²) in [6.45, 7) is 0.428. The Balaban J connectivity index is 1.63. The molecule has 0 saturated heterocycles. The zero-order valence-corrected chi connectivity index (χ0v) is 12.8. The van der Waals surface area contributed by atoms with Crippen LogP contribution in [0.3, 0.4) is 0 Å². The van der Waals surface area contributed by atoms with Gasteiger partial charge in [0.2, 0.25) is 0 Å². The van der Waals surface area contributed by atoms with E-state index in [9.17, 15) is 4.79 Å². The third-order valence-corrected chi connectivity index (χ3v) is 4.04. The Morgan fingerprint density at radius 2 is 1.96 bits per heavy atom. The summed E-state index contributed by atoms with van der Waals surface area (Å²) in [5.74, 6) is 0. The van der Waals surface area contributed by atoms with Crippen LogP contribution in [-0.4, -0.2) is 15.2 Å². The zero-order valence-electron chi connectivity index (χ0n) is 12.1. The summed E-state index contributed by atoms with van der Waals surface area (Å²) in [5.41, 5.74) is 3.21. The maximum Gasteiger partial charge on any atom is 0.253 e. The average molecular weight is 325 g/mol. The molecule has 3 N–H and O–H groups in total. The van der Waals surface area contributed by atoms with Crippen LogP contribution in [-0.2, 0) is 6.54 Å². The van der Waals surface area contributed by atoms with Crippen LogP contribution in [0.4, 0.5) is 5.69 Å². The minimum absolute atomic E-state index is 0.102. The second-order valence-electron chi connectivity index (χ2n) is 5.38. The van der Waals surface area contributed by atoms with Gasteiger partial charge < -0.3 is 10.3 Å². The largest absolute Gasteiger partial charge is 0.381 e. The van der Waals surface area contributed by atoms with Crippen molar-refractivity contribution in [3.8, 4) is 0 Å². The van der Waals surface area contributed by atoms with E-state index in [1.165, 1.54) is 0 Å². The normalized spacial score (nSPS) is 11.2. The fourth-order valence-corrected chi connectivity index (χ4v) is 2.78. The van der Waals surface area contributed by atoms with Gasteiger partial charge in [0.25, 0.3) is 5.56 Å². The maximum atomic E-state index is 12.2. The van der Waals surface area contributed by atoms with Crippen molar-refractivity contribution in [2.24, 2.45) is 0 Å². The van der Waals surface area contributed by atoms with Gasteiger partial charge in [-0.3, -0.25) is 9.89 Å². The molecule has 0 atom stereocenters. The van der Waals surface area contributed by atoms with Gasteiger partial charge in [-0.25, -0.2) is 0 Å². The first-order valence-electron chi connectivity index (χ1n) is 7.17.